The molecule has 2 heterocycles. The van der Waals surface area contributed by atoms with Gasteiger partial charge < -0.3 is 9.64 Å². The molecule has 2 rings (SSSR count). The van der Waals surface area contributed by atoms with E-state index >= 15 is 0 Å². The molecule has 0 saturated heterocycles. The number of rotatable bonds is 1. The Morgan fingerprint density at radius 1 is 1.69 bits per heavy atom. The van der Waals surface area contributed by atoms with E-state index in [4.69, 9.17) is 4.74 Å². The van der Waals surface area contributed by atoms with Crippen molar-refractivity contribution < 1.29 is 9.53 Å². The van der Waals surface area contributed by atoms with Crippen LogP contribution in [0.15, 0.2) is 11.4 Å². The van der Waals surface area contributed by atoms with E-state index in [-0.39, 0.29) is 6.09 Å². The number of hydrogen-bond acceptors (Lipinski definition) is 3. The van der Waals surface area contributed by atoms with E-state index in [0.717, 1.165) is 19.5 Å². The van der Waals surface area contributed by atoms with Crippen molar-refractivity contribution in [3.05, 3.63) is 21.9 Å². The summed E-state index contributed by atoms with van der Waals surface area (Å²) < 4.78 is 5.05. The van der Waals surface area contributed by atoms with Gasteiger partial charge in [-0.25, -0.2) is 4.79 Å². The van der Waals surface area contributed by atoms with Crippen molar-refractivity contribution in [3.8, 4) is 0 Å². The van der Waals surface area contributed by atoms with Gasteiger partial charge in [0, 0.05) is 18.0 Å². The van der Waals surface area contributed by atoms with Crippen LogP contribution < -0.4 is 0 Å². The van der Waals surface area contributed by atoms with Crippen LogP contribution in [-0.4, -0.2) is 30.7 Å². The first-order valence-corrected chi connectivity index (χ1v) is 6.58. The molecule has 3 nitrogen and oxygen atoms in total. The van der Waals surface area contributed by atoms with Crippen LogP contribution in [0.5, 0.6) is 0 Å². The van der Waals surface area contributed by atoms with Crippen LogP contribution in [-0.2, 0) is 11.2 Å². The molecule has 1 amide bonds. The average Bonchev–Trinajstić information content (AvgIpc) is 2.66. The highest BCUT2D eigenvalue weighted by Gasteiger charge is 2.24. The maximum absolute atomic E-state index is 11.7. The zero-order chi connectivity index (χ0) is 11.5. The maximum Gasteiger partial charge on any atom is 0.409 e. The van der Waals surface area contributed by atoms with Crippen molar-refractivity contribution in [2.45, 2.75) is 26.2 Å². The average molecular weight is 239 g/mol. The molecule has 0 fully saturated rings. The van der Waals surface area contributed by atoms with E-state index in [0.29, 0.717) is 12.5 Å². The lowest BCUT2D eigenvalue weighted by Crippen LogP contribution is -2.34. The van der Waals surface area contributed by atoms with E-state index < -0.39 is 0 Å². The van der Waals surface area contributed by atoms with Crippen molar-refractivity contribution in [1.29, 1.82) is 0 Å². The summed E-state index contributed by atoms with van der Waals surface area (Å²) in [6.45, 7) is 6.00. The quantitative estimate of drug-likeness (QED) is 0.754. The first-order chi connectivity index (χ1) is 7.72. The molecule has 1 atom stereocenters. The van der Waals surface area contributed by atoms with Crippen molar-refractivity contribution >= 4 is 17.4 Å². The van der Waals surface area contributed by atoms with Gasteiger partial charge in [0.2, 0.25) is 0 Å². The second-order valence-electron chi connectivity index (χ2n) is 4.10. The van der Waals surface area contributed by atoms with E-state index in [1.54, 1.807) is 11.3 Å². The third-order valence-electron chi connectivity index (χ3n) is 2.94. The SMILES string of the molecule is CCOC(=O)N1CCc2sccc2[C@@H](C)C1. The number of fused-ring (bicyclic) bond motifs is 1. The van der Waals surface area contributed by atoms with Crippen LogP contribution in [0, 0.1) is 0 Å². The molecule has 1 aromatic heterocycles. The first kappa shape index (κ1) is 11.5. The van der Waals surface area contributed by atoms with Gasteiger partial charge in [-0.15, -0.1) is 11.3 Å². The third-order valence-corrected chi connectivity index (χ3v) is 3.94. The van der Waals surface area contributed by atoms with Gasteiger partial charge in [-0.1, -0.05) is 6.92 Å². The first-order valence-electron chi connectivity index (χ1n) is 5.70. The number of ether oxygens (including phenoxy) is 1. The molecule has 0 spiro atoms. The number of thiophene rings is 1. The minimum absolute atomic E-state index is 0.176. The largest absolute Gasteiger partial charge is 0.450 e. The second kappa shape index (κ2) is 4.87. The minimum atomic E-state index is -0.176. The lowest BCUT2D eigenvalue weighted by Gasteiger charge is -2.21. The van der Waals surface area contributed by atoms with E-state index in [9.17, 15) is 4.79 Å². The van der Waals surface area contributed by atoms with Gasteiger partial charge in [0.15, 0.2) is 0 Å². The topological polar surface area (TPSA) is 29.5 Å². The summed E-state index contributed by atoms with van der Waals surface area (Å²) >= 11 is 1.79. The molecule has 0 aromatic carbocycles. The lowest BCUT2D eigenvalue weighted by atomic mass is 10.0. The summed E-state index contributed by atoms with van der Waals surface area (Å²) in [6.07, 6.45) is 0.778. The lowest BCUT2D eigenvalue weighted by molar-refractivity contribution is 0.107. The number of nitrogens with zero attached hydrogens (tertiary/aromatic N) is 1. The van der Waals surface area contributed by atoms with Gasteiger partial charge in [0.25, 0.3) is 0 Å². The van der Waals surface area contributed by atoms with E-state index in [2.05, 4.69) is 18.4 Å². The Hall–Kier alpha value is -1.03. The molecular formula is C12H17NO2S. The van der Waals surface area contributed by atoms with E-state index in [1.165, 1.54) is 10.4 Å². The van der Waals surface area contributed by atoms with Crippen LogP contribution in [0.1, 0.15) is 30.2 Å². The second-order valence-corrected chi connectivity index (χ2v) is 5.10. The number of hydrogen-bond donors (Lipinski definition) is 0. The molecule has 88 valence electrons. The van der Waals surface area contributed by atoms with Crippen LogP contribution in [0.4, 0.5) is 4.79 Å². The molecule has 0 radical (unpaired) electrons. The van der Waals surface area contributed by atoms with Gasteiger partial charge in [0.05, 0.1) is 6.61 Å². The van der Waals surface area contributed by atoms with Gasteiger partial charge in [0.1, 0.15) is 0 Å². The van der Waals surface area contributed by atoms with Crippen molar-refractivity contribution in [2.24, 2.45) is 0 Å². The molecule has 1 aromatic rings. The normalized spacial score (nSPS) is 20.1. The third kappa shape index (κ3) is 2.21. The highest BCUT2D eigenvalue weighted by atomic mass is 32.1. The Kier molecular flexibility index (Phi) is 3.49. The molecular weight excluding hydrogens is 222 g/mol. The minimum Gasteiger partial charge on any atom is -0.450 e. The maximum atomic E-state index is 11.7. The highest BCUT2D eigenvalue weighted by molar-refractivity contribution is 7.10. The molecule has 1 aliphatic heterocycles. The summed E-state index contributed by atoms with van der Waals surface area (Å²) in [4.78, 5) is 14.9. The van der Waals surface area contributed by atoms with Crippen molar-refractivity contribution in [3.63, 3.8) is 0 Å². The van der Waals surface area contributed by atoms with Gasteiger partial charge in [-0.2, -0.15) is 0 Å². The Balaban J connectivity index is 2.09. The molecule has 1 aliphatic rings. The molecule has 0 aliphatic carbocycles. The van der Waals surface area contributed by atoms with Crippen molar-refractivity contribution in [1.82, 2.24) is 4.90 Å². The Morgan fingerprint density at radius 3 is 3.25 bits per heavy atom. The van der Waals surface area contributed by atoms with Crippen LogP contribution in [0.3, 0.4) is 0 Å². The van der Waals surface area contributed by atoms with Crippen molar-refractivity contribution in [2.75, 3.05) is 19.7 Å². The molecule has 4 heteroatoms. The Bertz CT molecular complexity index is 375. The van der Waals surface area contributed by atoms with Crippen LogP contribution >= 0.6 is 11.3 Å². The van der Waals surface area contributed by atoms with Crippen LogP contribution in [0.2, 0.25) is 0 Å². The number of carbonyl (C=O) groups excluding carboxylic acids is 1. The zero-order valence-corrected chi connectivity index (χ0v) is 10.5. The Morgan fingerprint density at radius 2 is 2.50 bits per heavy atom. The monoisotopic (exact) mass is 239 g/mol. The number of carbonyl (C=O) groups is 1. The summed E-state index contributed by atoms with van der Waals surface area (Å²) in [7, 11) is 0. The Labute approximate surface area is 100 Å². The molecule has 0 saturated carbocycles. The number of amides is 1. The summed E-state index contributed by atoms with van der Waals surface area (Å²) in [5.74, 6) is 0.410. The zero-order valence-electron chi connectivity index (χ0n) is 9.73. The molecule has 16 heavy (non-hydrogen) atoms. The van der Waals surface area contributed by atoms with Gasteiger partial charge in [-0.05, 0) is 36.3 Å². The highest BCUT2D eigenvalue weighted by Crippen LogP contribution is 2.29. The predicted octanol–water partition coefficient (Wildman–Crippen LogP) is 2.87. The predicted molar refractivity (Wildman–Crippen MR) is 65.0 cm³/mol. The standard InChI is InChI=1S/C12H17NO2S/c1-3-15-12(14)13-6-4-11-10(5-7-16-11)9(2)8-13/h5,7,9H,3-4,6,8H2,1-2H3/t9-/m0/s1. The molecule has 0 N–H and O–H groups in total. The fourth-order valence-electron chi connectivity index (χ4n) is 2.13. The van der Waals surface area contributed by atoms with E-state index in [1.807, 2.05) is 11.8 Å². The van der Waals surface area contributed by atoms with Gasteiger partial charge >= 0.3 is 6.09 Å². The summed E-state index contributed by atoms with van der Waals surface area (Å²) in [5.41, 5.74) is 1.40. The summed E-state index contributed by atoms with van der Waals surface area (Å²) in [6, 6.07) is 2.18. The summed E-state index contributed by atoms with van der Waals surface area (Å²) in [5, 5.41) is 2.14. The van der Waals surface area contributed by atoms with Gasteiger partial charge in [-0.3, -0.25) is 0 Å². The fourth-order valence-corrected chi connectivity index (χ4v) is 3.12. The molecule has 0 unspecified atom stereocenters. The van der Waals surface area contributed by atoms with Crippen LogP contribution in [0.25, 0.3) is 0 Å². The molecule has 0 bridgehead atoms. The smallest absolute Gasteiger partial charge is 0.409 e. The fraction of sp³-hybridized carbons (Fsp3) is 0.583.